The van der Waals surface area contributed by atoms with E-state index in [-0.39, 0.29) is 23.1 Å². The Morgan fingerprint density at radius 3 is 2.94 bits per heavy atom. The Morgan fingerprint density at radius 2 is 2.24 bits per heavy atom. The summed E-state index contributed by atoms with van der Waals surface area (Å²) in [6, 6.07) is 3.45. The van der Waals surface area contributed by atoms with Crippen molar-refractivity contribution in [3.8, 4) is 0 Å². The maximum atomic E-state index is 12.0. The van der Waals surface area contributed by atoms with E-state index in [0.29, 0.717) is 5.56 Å². The van der Waals surface area contributed by atoms with Crippen molar-refractivity contribution in [3.05, 3.63) is 29.0 Å². The number of nitrogens with zero attached hydrogens (tertiary/aromatic N) is 1. The fourth-order valence-electron chi connectivity index (χ4n) is 2.14. The first-order valence-corrected chi connectivity index (χ1v) is 6.23. The van der Waals surface area contributed by atoms with Crippen molar-refractivity contribution in [3.63, 3.8) is 0 Å². The van der Waals surface area contributed by atoms with Crippen LogP contribution in [0.3, 0.4) is 0 Å². The van der Waals surface area contributed by atoms with Crippen molar-refractivity contribution in [1.82, 2.24) is 10.3 Å². The number of rotatable bonds is 2. The second-order valence-electron chi connectivity index (χ2n) is 4.37. The van der Waals surface area contributed by atoms with Crippen LogP contribution in [0, 0.1) is 0 Å². The van der Waals surface area contributed by atoms with Gasteiger partial charge in [0.15, 0.2) is 0 Å². The Bertz CT molecular complexity index is 410. The van der Waals surface area contributed by atoms with Crippen molar-refractivity contribution in [1.29, 1.82) is 0 Å². The highest BCUT2D eigenvalue weighted by atomic mass is 35.5. The second-order valence-corrected chi connectivity index (χ2v) is 4.73. The van der Waals surface area contributed by atoms with Gasteiger partial charge in [0.1, 0.15) is 5.15 Å². The lowest BCUT2D eigenvalue weighted by Gasteiger charge is -2.29. The van der Waals surface area contributed by atoms with Gasteiger partial charge >= 0.3 is 0 Å². The van der Waals surface area contributed by atoms with Crippen LogP contribution in [0.5, 0.6) is 0 Å². The van der Waals surface area contributed by atoms with Crippen LogP contribution in [0.25, 0.3) is 0 Å². The Balaban J connectivity index is 2.04. The molecule has 0 aromatic carbocycles. The van der Waals surface area contributed by atoms with Gasteiger partial charge in [-0.1, -0.05) is 24.4 Å². The lowest BCUT2D eigenvalue weighted by Crippen LogP contribution is -2.49. The van der Waals surface area contributed by atoms with Crippen LogP contribution in [0.4, 0.5) is 0 Å². The lowest BCUT2D eigenvalue weighted by atomic mass is 9.91. The quantitative estimate of drug-likeness (QED) is 0.789. The minimum absolute atomic E-state index is 0.0446. The van der Waals surface area contributed by atoms with Crippen LogP contribution in [0.15, 0.2) is 18.3 Å². The van der Waals surface area contributed by atoms with Crippen LogP contribution in [0.1, 0.15) is 36.0 Å². The summed E-state index contributed by atoms with van der Waals surface area (Å²) in [5, 5.41) is 3.17. The van der Waals surface area contributed by atoms with Gasteiger partial charge in [0.05, 0.1) is 5.56 Å². The van der Waals surface area contributed by atoms with Gasteiger partial charge in [-0.15, -0.1) is 0 Å². The number of pyridine rings is 1. The molecule has 1 aliphatic rings. The molecule has 1 aromatic rings. The second kappa shape index (κ2) is 5.47. The number of nitrogens with one attached hydrogen (secondary N) is 1. The third kappa shape index (κ3) is 2.96. The molecule has 1 aromatic heterocycles. The molecular formula is C12H16ClN3O. The molecule has 5 heteroatoms. The fourth-order valence-corrected chi connectivity index (χ4v) is 2.35. The van der Waals surface area contributed by atoms with Gasteiger partial charge in [0, 0.05) is 18.3 Å². The molecule has 2 rings (SSSR count). The molecule has 3 N–H and O–H groups in total. The van der Waals surface area contributed by atoms with Gasteiger partial charge in [-0.25, -0.2) is 4.98 Å². The van der Waals surface area contributed by atoms with Crippen LogP contribution in [0.2, 0.25) is 5.15 Å². The summed E-state index contributed by atoms with van der Waals surface area (Å²) in [5.74, 6) is -0.189. The molecule has 1 saturated carbocycles. The smallest absolute Gasteiger partial charge is 0.254 e. The van der Waals surface area contributed by atoms with E-state index >= 15 is 0 Å². The average molecular weight is 254 g/mol. The number of amides is 1. The summed E-state index contributed by atoms with van der Waals surface area (Å²) < 4.78 is 0. The highest BCUT2D eigenvalue weighted by Crippen LogP contribution is 2.18. The van der Waals surface area contributed by atoms with Crippen molar-refractivity contribution < 1.29 is 4.79 Å². The molecular weight excluding hydrogens is 238 g/mol. The first-order chi connectivity index (χ1) is 8.18. The maximum absolute atomic E-state index is 12.0. The lowest BCUT2D eigenvalue weighted by molar-refractivity contribution is 0.0921. The molecule has 0 saturated heterocycles. The van der Waals surface area contributed by atoms with Crippen LogP contribution in [-0.2, 0) is 0 Å². The monoisotopic (exact) mass is 253 g/mol. The fraction of sp³-hybridized carbons (Fsp3) is 0.500. The first-order valence-electron chi connectivity index (χ1n) is 5.85. The third-order valence-electron chi connectivity index (χ3n) is 3.14. The Labute approximate surface area is 106 Å². The Hall–Kier alpha value is -1.13. The molecule has 92 valence electrons. The van der Waals surface area contributed by atoms with Gasteiger partial charge in [0.2, 0.25) is 0 Å². The SMILES string of the molecule is N[C@H]1CCCC[C@H]1NC(=O)c1cccnc1Cl. The Morgan fingerprint density at radius 1 is 1.47 bits per heavy atom. The molecule has 0 unspecified atom stereocenters. The molecule has 0 bridgehead atoms. The molecule has 17 heavy (non-hydrogen) atoms. The van der Waals surface area contributed by atoms with E-state index in [2.05, 4.69) is 10.3 Å². The predicted molar refractivity (Wildman–Crippen MR) is 66.9 cm³/mol. The third-order valence-corrected chi connectivity index (χ3v) is 3.44. The molecule has 0 aliphatic heterocycles. The molecule has 1 heterocycles. The molecule has 1 aliphatic carbocycles. The zero-order valence-corrected chi connectivity index (χ0v) is 10.3. The van der Waals surface area contributed by atoms with Crippen LogP contribution < -0.4 is 11.1 Å². The predicted octanol–water partition coefficient (Wildman–Crippen LogP) is 1.73. The largest absolute Gasteiger partial charge is 0.348 e. The van der Waals surface area contributed by atoms with Crippen molar-refractivity contribution >= 4 is 17.5 Å². The van der Waals surface area contributed by atoms with Crippen molar-refractivity contribution in [2.75, 3.05) is 0 Å². The maximum Gasteiger partial charge on any atom is 0.254 e. The standard InChI is InChI=1S/C12H16ClN3O/c13-11-8(4-3-7-15-11)12(17)16-10-6-2-1-5-9(10)14/h3-4,7,9-10H,1-2,5-6,14H2,(H,16,17)/t9-,10+/m0/s1. The Kier molecular flexibility index (Phi) is 3.97. The van der Waals surface area contributed by atoms with Crippen molar-refractivity contribution in [2.45, 2.75) is 37.8 Å². The number of halogens is 1. The molecule has 0 radical (unpaired) electrons. The normalized spacial score (nSPS) is 24.4. The van der Waals surface area contributed by atoms with Crippen LogP contribution in [-0.4, -0.2) is 23.0 Å². The number of carbonyl (C=O) groups is 1. The van der Waals surface area contributed by atoms with E-state index in [0.717, 1.165) is 25.7 Å². The number of carbonyl (C=O) groups excluding carboxylic acids is 1. The van der Waals surface area contributed by atoms with Crippen molar-refractivity contribution in [2.24, 2.45) is 5.73 Å². The molecule has 4 nitrogen and oxygen atoms in total. The highest BCUT2D eigenvalue weighted by Gasteiger charge is 2.24. The summed E-state index contributed by atoms with van der Waals surface area (Å²) in [4.78, 5) is 15.9. The zero-order valence-electron chi connectivity index (χ0n) is 9.53. The summed E-state index contributed by atoms with van der Waals surface area (Å²) in [7, 11) is 0. The van der Waals surface area contributed by atoms with E-state index in [1.165, 1.54) is 0 Å². The minimum Gasteiger partial charge on any atom is -0.348 e. The highest BCUT2D eigenvalue weighted by molar-refractivity contribution is 6.32. The van der Waals surface area contributed by atoms with Crippen LogP contribution >= 0.6 is 11.6 Å². The van der Waals surface area contributed by atoms with E-state index in [1.807, 2.05) is 0 Å². The topological polar surface area (TPSA) is 68.0 Å². The molecule has 1 fully saturated rings. The van der Waals surface area contributed by atoms with Gasteiger partial charge in [0.25, 0.3) is 5.91 Å². The summed E-state index contributed by atoms with van der Waals surface area (Å²) in [6.07, 6.45) is 5.71. The number of aromatic nitrogens is 1. The molecule has 2 atom stereocenters. The number of hydrogen-bond donors (Lipinski definition) is 2. The summed E-state index contributed by atoms with van der Waals surface area (Å²) in [6.45, 7) is 0. The van der Waals surface area contributed by atoms with Gasteiger partial charge in [-0.05, 0) is 25.0 Å². The molecule has 1 amide bonds. The van der Waals surface area contributed by atoms with E-state index in [1.54, 1.807) is 18.3 Å². The zero-order chi connectivity index (χ0) is 12.3. The number of nitrogens with two attached hydrogens (primary N) is 1. The first kappa shape index (κ1) is 12.3. The van der Waals surface area contributed by atoms with Gasteiger partial charge in [-0.3, -0.25) is 4.79 Å². The number of hydrogen-bond acceptors (Lipinski definition) is 3. The van der Waals surface area contributed by atoms with E-state index in [9.17, 15) is 4.79 Å². The van der Waals surface area contributed by atoms with E-state index in [4.69, 9.17) is 17.3 Å². The van der Waals surface area contributed by atoms with E-state index < -0.39 is 0 Å². The van der Waals surface area contributed by atoms with Gasteiger partial charge < -0.3 is 11.1 Å². The average Bonchev–Trinajstić information content (AvgIpc) is 2.32. The molecule has 0 spiro atoms. The van der Waals surface area contributed by atoms with Gasteiger partial charge in [-0.2, -0.15) is 0 Å². The minimum atomic E-state index is -0.189. The summed E-state index contributed by atoms with van der Waals surface area (Å²) >= 11 is 5.87. The summed E-state index contributed by atoms with van der Waals surface area (Å²) in [5.41, 5.74) is 6.39.